The van der Waals surface area contributed by atoms with Gasteiger partial charge in [0.2, 0.25) is 0 Å². The summed E-state index contributed by atoms with van der Waals surface area (Å²) < 4.78 is 28.4. The first-order valence-corrected chi connectivity index (χ1v) is 8.42. The molecule has 1 aromatic carbocycles. The predicted molar refractivity (Wildman–Crippen MR) is 80.1 cm³/mol. The Labute approximate surface area is 123 Å². The van der Waals surface area contributed by atoms with Gasteiger partial charge in [0.05, 0.1) is 21.9 Å². The van der Waals surface area contributed by atoms with E-state index in [4.69, 9.17) is 16.0 Å². The number of halogens is 1. The molecule has 1 heterocycles. The predicted octanol–water partition coefficient (Wildman–Crippen LogP) is 3.38. The third-order valence-electron chi connectivity index (χ3n) is 2.86. The molecule has 0 bridgehead atoms. The summed E-state index contributed by atoms with van der Waals surface area (Å²) >= 11 is 6.09. The van der Waals surface area contributed by atoms with Crippen LogP contribution < -0.4 is 5.32 Å². The van der Waals surface area contributed by atoms with E-state index in [1.54, 1.807) is 18.4 Å². The lowest BCUT2D eigenvalue weighted by Crippen LogP contribution is -2.18. The van der Waals surface area contributed by atoms with E-state index < -0.39 is 9.84 Å². The van der Waals surface area contributed by atoms with E-state index >= 15 is 0 Å². The number of furan rings is 1. The van der Waals surface area contributed by atoms with Crippen molar-refractivity contribution < 1.29 is 12.8 Å². The number of nitrogens with one attached hydrogen (secondary N) is 1. The van der Waals surface area contributed by atoms with Crippen LogP contribution in [0.5, 0.6) is 0 Å². The van der Waals surface area contributed by atoms with Crippen molar-refractivity contribution in [3.05, 3.63) is 47.4 Å². The lowest BCUT2D eigenvalue weighted by atomic mass is 10.2. The average Bonchev–Trinajstić information content (AvgIpc) is 2.83. The summed E-state index contributed by atoms with van der Waals surface area (Å²) in [5, 5.41) is 3.69. The molecule has 1 aromatic heterocycles. The third-order valence-corrected chi connectivity index (χ3v) is 4.30. The molecule has 0 saturated heterocycles. The minimum atomic E-state index is -3.24. The lowest BCUT2D eigenvalue weighted by Gasteiger charge is -2.16. The Balaban J connectivity index is 2.16. The summed E-state index contributed by atoms with van der Waals surface area (Å²) in [7, 11) is -3.24. The molecule has 1 N–H and O–H groups in total. The van der Waals surface area contributed by atoms with Crippen molar-refractivity contribution in [2.45, 2.75) is 24.3 Å². The van der Waals surface area contributed by atoms with E-state index in [1.807, 2.05) is 19.1 Å². The molecule has 108 valence electrons. The fourth-order valence-electron chi connectivity index (χ4n) is 1.89. The van der Waals surface area contributed by atoms with Gasteiger partial charge in [-0.15, -0.1) is 0 Å². The van der Waals surface area contributed by atoms with Crippen LogP contribution in [0.2, 0.25) is 5.02 Å². The molecule has 6 heteroatoms. The van der Waals surface area contributed by atoms with E-state index in [0.29, 0.717) is 17.1 Å². The zero-order valence-electron chi connectivity index (χ0n) is 11.3. The zero-order valence-corrected chi connectivity index (χ0v) is 12.8. The molecule has 20 heavy (non-hydrogen) atoms. The molecule has 1 atom stereocenters. The maximum atomic E-state index is 11.6. The molecule has 0 saturated carbocycles. The highest BCUT2D eigenvalue weighted by molar-refractivity contribution is 7.90. The van der Waals surface area contributed by atoms with Gasteiger partial charge < -0.3 is 9.73 Å². The Morgan fingerprint density at radius 2 is 2.10 bits per heavy atom. The second-order valence-corrected chi connectivity index (χ2v) is 7.17. The van der Waals surface area contributed by atoms with Gasteiger partial charge in [0.25, 0.3) is 0 Å². The molecule has 0 spiro atoms. The highest BCUT2D eigenvalue weighted by Crippen LogP contribution is 2.26. The molecule has 0 amide bonds. The van der Waals surface area contributed by atoms with Crippen molar-refractivity contribution in [3.63, 3.8) is 0 Å². The van der Waals surface area contributed by atoms with E-state index in [2.05, 4.69) is 5.32 Å². The van der Waals surface area contributed by atoms with Crippen LogP contribution in [-0.4, -0.2) is 20.7 Å². The zero-order chi connectivity index (χ0) is 14.8. The van der Waals surface area contributed by atoms with Crippen LogP contribution >= 0.6 is 11.6 Å². The van der Waals surface area contributed by atoms with Crippen LogP contribution in [0.25, 0.3) is 0 Å². The summed E-state index contributed by atoms with van der Waals surface area (Å²) in [4.78, 5) is 0.245. The molecule has 0 aliphatic heterocycles. The van der Waals surface area contributed by atoms with Crippen molar-refractivity contribution in [1.82, 2.24) is 0 Å². The van der Waals surface area contributed by atoms with Crippen LogP contribution in [0.4, 0.5) is 5.69 Å². The second kappa shape index (κ2) is 5.89. The summed E-state index contributed by atoms with van der Waals surface area (Å²) in [6.07, 6.45) is 3.48. The summed E-state index contributed by atoms with van der Waals surface area (Å²) in [6.45, 7) is 1.98. The van der Waals surface area contributed by atoms with Gasteiger partial charge in [-0.3, -0.25) is 0 Å². The number of anilines is 1. The van der Waals surface area contributed by atoms with Gasteiger partial charge in [0.15, 0.2) is 9.84 Å². The Kier molecular flexibility index (Phi) is 4.40. The van der Waals surface area contributed by atoms with Crippen LogP contribution in [0.15, 0.2) is 45.9 Å². The SMILES string of the molecule is CC(Cc1ccco1)Nc1cc(S(C)(=O)=O)ccc1Cl. The van der Waals surface area contributed by atoms with E-state index in [1.165, 1.54) is 12.3 Å². The van der Waals surface area contributed by atoms with Crippen molar-refractivity contribution >= 4 is 27.1 Å². The van der Waals surface area contributed by atoms with Crippen molar-refractivity contribution in [1.29, 1.82) is 0 Å². The smallest absolute Gasteiger partial charge is 0.175 e. The molecule has 0 aliphatic carbocycles. The Hall–Kier alpha value is -1.46. The maximum absolute atomic E-state index is 11.6. The Morgan fingerprint density at radius 3 is 2.70 bits per heavy atom. The van der Waals surface area contributed by atoms with Gasteiger partial charge in [-0.05, 0) is 37.3 Å². The first kappa shape index (κ1) is 14.9. The van der Waals surface area contributed by atoms with Crippen molar-refractivity contribution in [2.75, 3.05) is 11.6 Å². The highest BCUT2D eigenvalue weighted by Gasteiger charge is 2.12. The molecular formula is C14H16ClNO3S. The fourth-order valence-corrected chi connectivity index (χ4v) is 2.71. The normalized spacial score (nSPS) is 13.2. The fraction of sp³-hybridized carbons (Fsp3) is 0.286. The average molecular weight is 314 g/mol. The van der Waals surface area contributed by atoms with Gasteiger partial charge >= 0.3 is 0 Å². The second-order valence-electron chi connectivity index (χ2n) is 4.74. The number of rotatable bonds is 5. The monoisotopic (exact) mass is 313 g/mol. The minimum absolute atomic E-state index is 0.0634. The lowest BCUT2D eigenvalue weighted by molar-refractivity contribution is 0.498. The topological polar surface area (TPSA) is 59.3 Å². The molecule has 2 aromatic rings. The summed E-state index contributed by atoms with van der Waals surface area (Å²) in [5.74, 6) is 0.861. The van der Waals surface area contributed by atoms with Crippen LogP contribution in [-0.2, 0) is 16.3 Å². The van der Waals surface area contributed by atoms with Gasteiger partial charge in [-0.25, -0.2) is 8.42 Å². The standard InChI is InChI=1S/C14H16ClNO3S/c1-10(8-11-4-3-7-19-11)16-14-9-12(20(2,17)18)5-6-13(14)15/h3-7,9-10,16H,8H2,1-2H3. The number of hydrogen-bond acceptors (Lipinski definition) is 4. The third kappa shape index (κ3) is 3.77. The first-order chi connectivity index (χ1) is 9.36. The summed E-state index contributed by atoms with van der Waals surface area (Å²) in [6, 6.07) is 8.43. The van der Waals surface area contributed by atoms with Crippen molar-refractivity contribution in [3.8, 4) is 0 Å². The van der Waals surface area contributed by atoms with Gasteiger partial charge in [0, 0.05) is 18.7 Å². The minimum Gasteiger partial charge on any atom is -0.469 e. The van der Waals surface area contributed by atoms with Gasteiger partial charge in [-0.2, -0.15) is 0 Å². The molecule has 0 fully saturated rings. The highest BCUT2D eigenvalue weighted by atomic mass is 35.5. The number of hydrogen-bond donors (Lipinski definition) is 1. The number of benzene rings is 1. The molecule has 0 aliphatic rings. The Bertz CT molecular complexity index is 680. The van der Waals surface area contributed by atoms with Gasteiger partial charge in [-0.1, -0.05) is 11.6 Å². The number of sulfone groups is 1. The van der Waals surface area contributed by atoms with E-state index in [-0.39, 0.29) is 10.9 Å². The van der Waals surface area contributed by atoms with E-state index in [9.17, 15) is 8.42 Å². The largest absolute Gasteiger partial charge is 0.469 e. The van der Waals surface area contributed by atoms with Crippen LogP contribution in [0, 0.1) is 0 Å². The molecular weight excluding hydrogens is 298 g/mol. The first-order valence-electron chi connectivity index (χ1n) is 6.15. The molecule has 0 radical (unpaired) electrons. The molecule has 4 nitrogen and oxygen atoms in total. The molecule has 2 rings (SSSR count). The maximum Gasteiger partial charge on any atom is 0.175 e. The Morgan fingerprint density at radius 1 is 1.35 bits per heavy atom. The van der Waals surface area contributed by atoms with Crippen LogP contribution in [0.1, 0.15) is 12.7 Å². The summed E-state index contributed by atoms with van der Waals surface area (Å²) in [5.41, 5.74) is 0.605. The van der Waals surface area contributed by atoms with Crippen molar-refractivity contribution in [2.24, 2.45) is 0 Å². The van der Waals surface area contributed by atoms with Crippen LogP contribution in [0.3, 0.4) is 0 Å². The molecule has 1 unspecified atom stereocenters. The van der Waals surface area contributed by atoms with Gasteiger partial charge in [0.1, 0.15) is 5.76 Å². The quantitative estimate of drug-likeness (QED) is 0.919. The van der Waals surface area contributed by atoms with E-state index in [0.717, 1.165) is 5.76 Å².